The van der Waals surface area contributed by atoms with Gasteiger partial charge in [-0.3, -0.25) is 4.79 Å². The van der Waals surface area contributed by atoms with Crippen LogP contribution < -0.4 is 14.8 Å². The number of carbonyl (C=O) groups excluding carboxylic acids is 1. The van der Waals surface area contributed by atoms with Gasteiger partial charge in [-0.1, -0.05) is 42.5 Å². The maximum atomic E-state index is 12.3. The number of aliphatic carboxylic acids is 1. The number of ether oxygens (including phenoxy) is 2. The number of hydrogen-bond acceptors (Lipinski definition) is 4. The summed E-state index contributed by atoms with van der Waals surface area (Å²) in [6, 6.07) is 21.0. The number of benzene rings is 3. The lowest BCUT2D eigenvalue weighted by Gasteiger charge is -2.09. The Bertz CT molecular complexity index is 1100. The highest BCUT2D eigenvalue weighted by Crippen LogP contribution is 2.19. The topological polar surface area (TPSA) is 84.9 Å². The van der Waals surface area contributed by atoms with Crippen LogP contribution in [0.1, 0.15) is 21.5 Å². The molecule has 0 aliphatic rings. The van der Waals surface area contributed by atoms with Crippen molar-refractivity contribution in [1.29, 1.82) is 0 Å². The van der Waals surface area contributed by atoms with Gasteiger partial charge in [0.05, 0.1) is 0 Å². The van der Waals surface area contributed by atoms with Gasteiger partial charge in [0.2, 0.25) is 0 Å². The molecule has 32 heavy (non-hydrogen) atoms. The fourth-order valence-corrected chi connectivity index (χ4v) is 2.74. The Balaban J connectivity index is 1.64. The molecule has 0 fully saturated rings. The highest BCUT2D eigenvalue weighted by atomic mass is 19.3. The van der Waals surface area contributed by atoms with Gasteiger partial charge in [-0.05, 0) is 53.6 Å². The van der Waals surface area contributed by atoms with Gasteiger partial charge < -0.3 is 19.9 Å². The Morgan fingerprint density at radius 2 is 1.66 bits per heavy atom. The van der Waals surface area contributed by atoms with Crippen LogP contribution in [0.15, 0.2) is 84.6 Å². The molecule has 0 saturated carbocycles. The maximum Gasteiger partial charge on any atom is 0.387 e. The fourth-order valence-electron chi connectivity index (χ4n) is 2.74. The van der Waals surface area contributed by atoms with E-state index in [9.17, 15) is 23.5 Å². The normalized spacial score (nSPS) is 11.2. The number of halogens is 2. The van der Waals surface area contributed by atoms with Crippen molar-refractivity contribution in [3.63, 3.8) is 0 Å². The summed E-state index contributed by atoms with van der Waals surface area (Å²) in [5.74, 6) is -1.27. The lowest BCUT2D eigenvalue weighted by molar-refractivity contribution is -0.132. The van der Waals surface area contributed by atoms with Crippen LogP contribution in [-0.2, 0) is 11.4 Å². The van der Waals surface area contributed by atoms with Gasteiger partial charge in [0.1, 0.15) is 23.8 Å². The molecule has 164 valence electrons. The first-order chi connectivity index (χ1) is 15.4. The fraction of sp³-hybridized carbons (Fsp3) is 0.0833. The van der Waals surface area contributed by atoms with Gasteiger partial charge in [-0.15, -0.1) is 0 Å². The second kappa shape index (κ2) is 10.7. The number of alkyl halides is 2. The molecule has 0 bridgehead atoms. The number of rotatable bonds is 9. The lowest BCUT2D eigenvalue weighted by atomic mass is 10.1. The standard InChI is InChI=1S/C24H19F2NO5/c25-24(26)32-20-8-4-5-17(13-20)15-31-19-11-9-16(10-12-19)14-21(23(29)30)27-22(28)18-6-2-1-3-7-18/h1-14,24H,15H2,(H,27,28)(H,29,30)/b21-14+. The predicted molar refractivity (Wildman–Crippen MR) is 113 cm³/mol. The zero-order valence-corrected chi connectivity index (χ0v) is 16.7. The van der Waals surface area contributed by atoms with Crippen LogP contribution in [-0.4, -0.2) is 23.6 Å². The van der Waals surface area contributed by atoms with Crippen molar-refractivity contribution in [1.82, 2.24) is 5.32 Å². The van der Waals surface area contributed by atoms with Gasteiger partial charge in [-0.25, -0.2) is 4.79 Å². The average Bonchev–Trinajstić information content (AvgIpc) is 2.78. The van der Waals surface area contributed by atoms with Crippen LogP contribution in [0.4, 0.5) is 8.78 Å². The molecule has 8 heteroatoms. The minimum atomic E-state index is -2.90. The van der Waals surface area contributed by atoms with E-state index in [-0.39, 0.29) is 18.1 Å². The molecule has 1 amide bonds. The monoisotopic (exact) mass is 439 g/mol. The van der Waals surface area contributed by atoms with E-state index >= 15 is 0 Å². The smallest absolute Gasteiger partial charge is 0.387 e. The first-order valence-electron chi connectivity index (χ1n) is 9.49. The Kier molecular flexibility index (Phi) is 7.53. The molecule has 0 aromatic heterocycles. The highest BCUT2D eigenvalue weighted by Gasteiger charge is 2.13. The van der Waals surface area contributed by atoms with E-state index in [0.29, 0.717) is 22.4 Å². The van der Waals surface area contributed by atoms with Crippen LogP contribution in [0.25, 0.3) is 6.08 Å². The van der Waals surface area contributed by atoms with E-state index in [1.54, 1.807) is 66.7 Å². The number of carbonyl (C=O) groups is 2. The summed E-state index contributed by atoms with van der Waals surface area (Å²) < 4.78 is 34.6. The molecule has 0 saturated heterocycles. The largest absolute Gasteiger partial charge is 0.489 e. The Labute approximate surface area is 182 Å². The summed E-state index contributed by atoms with van der Waals surface area (Å²) in [4.78, 5) is 23.7. The first-order valence-corrected chi connectivity index (χ1v) is 9.49. The molecular weight excluding hydrogens is 420 g/mol. The van der Waals surface area contributed by atoms with Crippen molar-refractivity contribution in [3.05, 3.63) is 101 Å². The van der Waals surface area contributed by atoms with Gasteiger partial charge in [0, 0.05) is 5.56 Å². The number of carboxylic acid groups (broad SMARTS) is 1. The second-order valence-corrected chi connectivity index (χ2v) is 6.57. The summed E-state index contributed by atoms with van der Waals surface area (Å²) in [5, 5.41) is 11.8. The molecule has 0 unspecified atom stereocenters. The Morgan fingerprint density at radius 3 is 2.31 bits per heavy atom. The number of amides is 1. The Hall–Kier alpha value is -4.20. The van der Waals surface area contributed by atoms with Crippen molar-refractivity contribution in [2.45, 2.75) is 13.2 Å². The molecule has 0 aliphatic carbocycles. The third-order valence-corrected chi connectivity index (χ3v) is 4.23. The zero-order valence-electron chi connectivity index (χ0n) is 16.7. The number of nitrogens with one attached hydrogen (secondary N) is 1. The third-order valence-electron chi connectivity index (χ3n) is 4.23. The molecule has 6 nitrogen and oxygen atoms in total. The number of hydrogen-bond donors (Lipinski definition) is 2. The van der Waals surface area contributed by atoms with Crippen molar-refractivity contribution >= 4 is 18.0 Å². The van der Waals surface area contributed by atoms with Gasteiger partial charge in [0.25, 0.3) is 5.91 Å². The molecule has 3 aromatic carbocycles. The van der Waals surface area contributed by atoms with E-state index in [1.165, 1.54) is 18.2 Å². The van der Waals surface area contributed by atoms with Gasteiger partial charge >= 0.3 is 12.6 Å². The van der Waals surface area contributed by atoms with Crippen LogP contribution >= 0.6 is 0 Å². The third kappa shape index (κ3) is 6.66. The SMILES string of the molecule is O=C(O)/C(=C\c1ccc(OCc2cccc(OC(F)F)c2)cc1)NC(=O)c1ccccc1. The lowest BCUT2D eigenvalue weighted by Crippen LogP contribution is -2.27. The summed E-state index contributed by atoms with van der Waals surface area (Å²) in [6.45, 7) is -2.77. The van der Waals surface area contributed by atoms with Crippen molar-refractivity contribution in [2.24, 2.45) is 0 Å². The van der Waals surface area contributed by atoms with Gasteiger partial charge in [0.15, 0.2) is 0 Å². The van der Waals surface area contributed by atoms with Crippen LogP contribution in [0, 0.1) is 0 Å². The second-order valence-electron chi connectivity index (χ2n) is 6.57. The molecule has 0 spiro atoms. The summed E-state index contributed by atoms with van der Waals surface area (Å²) in [7, 11) is 0. The number of carboxylic acids is 1. The van der Waals surface area contributed by atoms with E-state index < -0.39 is 18.5 Å². The highest BCUT2D eigenvalue weighted by molar-refractivity contribution is 6.02. The quantitative estimate of drug-likeness (QED) is 0.471. The van der Waals surface area contributed by atoms with Crippen LogP contribution in [0.2, 0.25) is 0 Å². The Morgan fingerprint density at radius 1 is 0.938 bits per heavy atom. The van der Waals surface area contributed by atoms with E-state index in [2.05, 4.69) is 10.1 Å². The molecular formula is C24H19F2NO5. The minimum Gasteiger partial charge on any atom is -0.489 e. The van der Waals surface area contributed by atoms with Crippen LogP contribution in [0.5, 0.6) is 11.5 Å². The molecule has 0 atom stereocenters. The molecule has 3 aromatic rings. The van der Waals surface area contributed by atoms with Crippen molar-refractivity contribution < 1.29 is 33.0 Å². The van der Waals surface area contributed by atoms with E-state index in [0.717, 1.165) is 0 Å². The van der Waals surface area contributed by atoms with Crippen molar-refractivity contribution in [2.75, 3.05) is 0 Å². The van der Waals surface area contributed by atoms with Crippen LogP contribution in [0.3, 0.4) is 0 Å². The minimum absolute atomic E-state index is 0.0420. The average molecular weight is 439 g/mol. The molecule has 0 heterocycles. The van der Waals surface area contributed by atoms with E-state index in [4.69, 9.17) is 4.74 Å². The first kappa shape index (κ1) is 22.5. The molecule has 0 aliphatic heterocycles. The van der Waals surface area contributed by atoms with Crippen molar-refractivity contribution in [3.8, 4) is 11.5 Å². The predicted octanol–water partition coefficient (Wildman–Crippen LogP) is 4.72. The molecule has 3 rings (SSSR count). The molecule has 0 radical (unpaired) electrons. The van der Waals surface area contributed by atoms with Gasteiger partial charge in [-0.2, -0.15) is 8.78 Å². The molecule has 2 N–H and O–H groups in total. The zero-order chi connectivity index (χ0) is 22.9. The summed E-state index contributed by atoms with van der Waals surface area (Å²) in [5.41, 5.74) is 1.24. The van der Waals surface area contributed by atoms with E-state index in [1.807, 2.05) is 0 Å². The maximum absolute atomic E-state index is 12.3. The summed E-state index contributed by atoms with van der Waals surface area (Å²) in [6.07, 6.45) is 1.33. The summed E-state index contributed by atoms with van der Waals surface area (Å²) >= 11 is 0.